The first kappa shape index (κ1) is 82.8. The molecule has 7 saturated heterocycles. The number of hydrogen-bond donors (Lipinski definition) is 19. The van der Waals surface area contributed by atoms with Gasteiger partial charge in [0.15, 0.2) is 43.8 Å². The molecule has 37 nitrogen and oxygen atoms in total. The van der Waals surface area contributed by atoms with Gasteiger partial charge in [0.05, 0.1) is 67.8 Å². The van der Waals surface area contributed by atoms with Gasteiger partial charge in [0.2, 0.25) is 0 Å². The van der Waals surface area contributed by atoms with Crippen molar-refractivity contribution in [3.8, 4) is 24.2 Å². The number of nitrogens with two attached hydrogens (primary N) is 5. The summed E-state index contributed by atoms with van der Waals surface area (Å²) in [5, 5.41) is 116. The van der Waals surface area contributed by atoms with Crippen molar-refractivity contribution in [2.75, 3.05) is 33.9 Å². The minimum absolute atomic E-state index is 0.00476. The van der Waals surface area contributed by atoms with Crippen LogP contribution in [0, 0.1) is 30.1 Å². The van der Waals surface area contributed by atoms with Gasteiger partial charge in [-0.2, -0.15) is 0 Å². The zero-order chi connectivity index (χ0) is 76.1. The summed E-state index contributed by atoms with van der Waals surface area (Å²) < 4.78 is 77.3. The van der Waals surface area contributed by atoms with Crippen molar-refractivity contribution in [2.45, 2.75) is 261 Å². The van der Waals surface area contributed by atoms with Crippen molar-refractivity contribution in [2.24, 2.45) is 34.6 Å². The van der Waals surface area contributed by atoms with Crippen LogP contribution in [0.25, 0.3) is 0 Å². The van der Waals surface area contributed by atoms with Crippen LogP contribution in [0.5, 0.6) is 0 Å². The van der Waals surface area contributed by atoms with Crippen molar-refractivity contribution < 1.29 is 132 Å². The number of terminal acetylenes is 1. The molecule has 105 heavy (non-hydrogen) atoms. The lowest BCUT2D eigenvalue weighted by Crippen LogP contribution is -2.70. The third-order valence-electron chi connectivity index (χ3n) is 19.9. The number of aliphatic hydroxyl groups excluding tert-OH is 10. The number of fused-ring (bicyclic) bond motifs is 4. The molecule has 0 radical (unpaired) electrons. The van der Waals surface area contributed by atoms with Crippen molar-refractivity contribution in [3.05, 3.63) is 71.8 Å². The highest BCUT2D eigenvalue weighted by atomic mass is 16.8. The number of carbonyl (C=O) groups excluding carboxylic acids is 4. The van der Waals surface area contributed by atoms with E-state index in [9.17, 15) is 70.2 Å². The number of likely N-dealkylation sites (N-methyl/N-ethyl adjacent to an activating group) is 2. The van der Waals surface area contributed by atoms with Crippen LogP contribution in [-0.4, -0.2) is 310 Å². The lowest BCUT2D eigenvalue weighted by molar-refractivity contribution is -0.374. The van der Waals surface area contributed by atoms with Crippen LogP contribution >= 0.6 is 0 Å². The number of ether oxygens (including phenoxy) is 13. The van der Waals surface area contributed by atoms with Gasteiger partial charge in [-0.1, -0.05) is 73.5 Å². The molecule has 0 spiro atoms. The second-order valence-electron chi connectivity index (χ2n) is 27.4. The summed E-state index contributed by atoms with van der Waals surface area (Å²) in [5.41, 5.74) is 31.2. The van der Waals surface area contributed by atoms with Gasteiger partial charge in [-0.05, 0) is 75.5 Å². The maximum Gasteiger partial charge on any atom is 0.410 e. The fourth-order valence-electron chi connectivity index (χ4n) is 14.3. The number of nitrogens with one attached hydrogen (secondary N) is 4. The summed E-state index contributed by atoms with van der Waals surface area (Å²) in [6.45, 7) is 1.98. The molecule has 2 aromatic rings. The van der Waals surface area contributed by atoms with Gasteiger partial charge in [0.1, 0.15) is 92.5 Å². The Morgan fingerprint density at radius 1 is 0.619 bits per heavy atom. The maximum absolute atomic E-state index is 13.2. The van der Waals surface area contributed by atoms with E-state index in [2.05, 4.69) is 39.0 Å². The van der Waals surface area contributed by atoms with Gasteiger partial charge in [-0.3, -0.25) is 9.69 Å². The SMILES string of the molecule is C#CC#CC.CC1C[C@@H]2OC(O[C@H]3OC(CO)[C@@H](N)[C@H](O)C3O)C3C(OC(=O)N3C)C2O[C@@H]1O[C@@H]1C(NC(=O)OCc2ccccc2)C[C@@H](NC(=O)OCc2ccccc2)C[C@H]1O.CNC1C(O[C@H]2OC(CO)[C@@H](NC(=O)[C@@H](O)CN)[C@H](O)C2O)O[C@H]2CC(N)[C@@H](O[C@@H]3C(N)C[C@@H](N)C[C@H]3O)OC2C1O. The van der Waals surface area contributed by atoms with Crippen LogP contribution < -0.4 is 49.9 Å². The monoisotopic (exact) mass is 1490 g/mol. The molecule has 2 aliphatic carbocycles. The van der Waals surface area contributed by atoms with Crippen LogP contribution in [0.15, 0.2) is 60.7 Å². The second-order valence-corrected chi connectivity index (χ2v) is 27.4. The molecule has 0 bridgehead atoms. The lowest BCUT2D eigenvalue weighted by Gasteiger charge is -2.51. The Hall–Kier alpha value is -6.20. The van der Waals surface area contributed by atoms with Crippen molar-refractivity contribution in [1.29, 1.82) is 0 Å². The number of rotatable bonds is 20. The molecule has 7 aliphatic heterocycles. The molecule has 24 N–H and O–H groups in total. The first-order valence-electron chi connectivity index (χ1n) is 34.9. The van der Waals surface area contributed by atoms with Crippen LogP contribution in [-0.2, 0) is 79.6 Å². The molecule has 11 rings (SSSR count). The van der Waals surface area contributed by atoms with E-state index in [0.29, 0.717) is 19.3 Å². The molecule has 37 heteroatoms. The summed E-state index contributed by atoms with van der Waals surface area (Å²) in [6.07, 6.45) is -23.1. The zero-order valence-electron chi connectivity index (χ0n) is 58.4. The standard InChI is InChI=1S/C39H52N4O15.C24H46N6O12.C5H4/c1-19-13-25-32(33-28(43(2)39(50)57-33)35(53-25)58-36-30(47)29(46)27(40)26(16-44)54-36)56-34(19)55-31-23(42-38(49)52-18-21-11-7-4-8-12-21)14-22(15-24(31)45)41-37(48)51-17-20-9-5-3-6-10-20;1-29-15-17(35)20-12(4-9(28)22(41-20)40-19-8(27)2-7(26)3-10(19)32)38-23(15)42-24-18(36)16(34)14(13(6-31)39-24)30-21(37)11(33)5-25;1-3-5-4-2/h3-12,19,22-36,44-47H,13-18,40H2,1-2H3,(H,41,48)(H,42,49);7-20,22-24,29,31-36H,2-6,25-28H2,1H3,(H,30,37);1H,2H3/t19?,22-,23?,24-,25+,26?,27-,28?,29+,30?,31-,32?,33?,34+,35?,36-;7-,8?,9?,10-,11+,12+,13?,14-,15?,16+,17?,18?,19-,20?,22+,23?,24-;/m11./s1. The highest BCUT2D eigenvalue weighted by Crippen LogP contribution is 2.43. The number of carbonyl (C=O) groups is 4. The Morgan fingerprint density at radius 3 is 1.78 bits per heavy atom. The van der Waals surface area contributed by atoms with Crippen LogP contribution in [0.4, 0.5) is 14.4 Å². The van der Waals surface area contributed by atoms with E-state index in [1.165, 1.54) is 19.0 Å². The molecular weight excluding hydrogens is 1390 g/mol. The number of aliphatic hydroxyl groups is 10. The quantitative estimate of drug-likeness (QED) is 0.0433. The maximum atomic E-state index is 13.2. The third-order valence-corrected chi connectivity index (χ3v) is 19.9. The number of benzene rings is 2. The average Bonchev–Trinajstić information content (AvgIpc) is 1.67. The first-order valence-corrected chi connectivity index (χ1v) is 34.9. The number of nitrogens with zero attached hydrogens (tertiary/aromatic N) is 1. The molecule has 2 saturated carbocycles. The third kappa shape index (κ3) is 20.4. The van der Waals surface area contributed by atoms with Crippen molar-refractivity contribution in [3.63, 3.8) is 0 Å². The highest BCUT2D eigenvalue weighted by Gasteiger charge is 2.61. The molecular formula is C68H102N10O27. The predicted octanol–water partition coefficient (Wildman–Crippen LogP) is -6.61. The highest BCUT2D eigenvalue weighted by molar-refractivity contribution is 5.81. The Labute approximate surface area is 606 Å². The zero-order valence-corrected chi connectivity index (χ0v) is 58.4. The van der Waals surface area contributed by atoms with Gasteiger partial charge in [0.25, 0.3) is 5.91 Å². The first-order chi connectivity index (χ1) is 50.2. The summed E-state index contributed by atoms with van der Waals surface area (Å²) in [6, 6.07) is 11.1. The van der Waals surface area contributed by atoms with E-state index in [0.717, 1.165) is 11.1 Å². The molecule has 4 amide bonds. The summed E-state index contributed by atoms with van der Waals surface area (Å²) >= 11 is 0. The van der Waals surface area contributed by atoms with Crippen LogP contribution in [0.3, 0.4) is 0 Å². The van der Waals surface area contributed by atoms with E-state index < -0.39 is 227 Å². The topological polar surface area (TPSA) is 572 Å². The number of hydrogen-bond acceptors (Lipinski definition) is 33. The van der Waals surface area contributed by atoms with Gasteiger partial charge >= 0.3 is 18.3 Å². The van der Waals surface area contributed by atoms with E-state index in [-0.39, 0.29) is 51.0 Å². The van der Waals surface area contributed by atoms with E-state index in [4.69, 9.17) is 96.7 Å². The fourth-order valence-corrected chi connectivity index (χ4v) is 14.3. The summed E-state index contributed by atoms with van der Waals surface area (Å²) in [7, 11) is 3.02. The molecule has 7 heterocycles. The molecule has 16 unspecified atom stereocenters. The molecule has 2 aromatic carbocycles. The van der Waals surface area contributed by atoms with Crippen molar-refractivity contribution >= 4 is 24.2 Å². The average molecular weight is 1490 g/mol. The number of amides is 4. The van der Waals surface area contributed by atoms with E-state index in [1.54, 1.807) is 6.92 Å². The normalized spacial score (nSPS) is 40.9. The van der Waals surface area contributed by atoms with Gasteiger partial charge < -0.3 is 163 Å². The van der Waals surface area contributed by atoms with Gasteiger partial charge in [-0.25, -0.2) is 14.4 Å². The fraction of sp³-hybridized carbons (Fsp3) is 0.706. The predicted molar refractivity (Wildman–Crippen MR) is 360 cm³/mol. The lowest BCUT2D eigenvalue weighted by atomic mass is 9.85. The molecule has 586 valence electrons. The molecule has 0 aromatic heterocycles. The smallest absolute Gasteiger partial charge is 0.410 e. The van der Waals surface area contributed by atoms with Gasteiger partial charge in [0, 0.05) is 37.6 Å². The van der Waals surface area contributed by atoms with Crippen LogP contribution in [0.1, 0.15) is 63.5 Å². The Kier molecular flexibility index (Phi) is 30.2. The Morgan fingerprint density at radius 2 is 1.19 bits per heavy atom. The summed E-state index contributed by atoms with van der Waals surface area (Å²) in [4.78, 5) is 52.3. The minimum atomic E-state index is -1.73. The molecule has 9 fully saturated rings. The van der Waals surface area contributed by atoms with Crippen molar-refractivity contribution in [1.82, 2.24) is 26.2 Å². The van der Waals surface area contributed by atoms with Gasteiger partial charge in [-0.15, -0.1) is 6.42 Å². The number of alkyl carbamates (subject to hydrolysis) is 2. The van der Waals surface area contributed by atoms with E-state index >= 15 is 0 Å². The van der Waals surface area contributed by atoms with E-state index in [1.807, 2.05) is 67.6 Å². The minimum Gasteiger partial charge on any atom is -0.445 e. The molecule has 9 aliphatic rings. The Bertz CT molecular complexity index is 3190. The Balaban J connectivity index is 0.000000239. The largest absolute Gasteiger partial charge is 0.445 e. The second kappa shape index (κ2) is 38.2. The van der Waals surface area contributed by atoms with Crippen LogP contribution in [0.2, 0.25) is 0 Å². The summed E-state index contributed by atoms with van der Waals surface area (Å²) in [5.74, 6) is 5.77. The molecule has 33 atom stereocenters.